The van der Waals surface area contributed by atoms with Crippen LogP contribution in [-0.4, -0.2) is 261 Å². The number of carboxylic acid groups (broad SMARTS) is 1. The van der Waals surface area contributed by atoms with Crippen LogP contribution in [0.25, 0.3) is 33.4 Å². The first-order valence-electron chi connectivity index (χ1n) is 44.6. The summed E-state index contributed by atoms with van der Waals surface area (Å²) in [5, 5.41) is 55.0. The number of benzene rings is 6. The predicted octanol–water partition coefficient (Wildman–Crippen LogP) is 4.40. The van der Waals surface area contributed by atoms with Crippen molar-refractivity contribution in [3.05, 3.63) is 167 Å². The lowest BCUT2D eigenvalue weighted by Crippen LogP contribution is -2.61. The van der Waals surface area contributed by atoms with E-state index in [1.54, 1.807) is 70.5 Å². The average molecular weight is 1790 g/mol. The Hall–Kier alpha value is -13.2. The monoisotopic (exact) mass is 1780 g/mol. The first-order chi connectivity index (χ1) is 62.0. The fourth-order valence-electron chi connectivity index (χ4n) is 17.9. The summed E-state index contributed by atoms with van der Waals surface area (Å²) in [5.74, 6) is -12.5. The number of hydrogen-bond donors (Lipinski definition) is 12. The Morgan fingerprint density at radius 3 is 1.23 bits per heavy atom. The van der Waals surface area contributed by atoms with E-state index in [2.05, 4.69) is 57.7 Å². The summed E-state index contributed by atoms with van der Waals surface area (Å²) >= 11 is 0. The molecule has 130 heavy (non-hydrogen) atoms. The minimum Gasteiger partial charge on any atom is -0.481 e. The third-order valence-electron chi connectivity index (χ3n) is 24.8. The second-order valence-electron chi connectivity index (χ2n) is 35.5. The number of aliphatic carboxylic acids is 1. The highest BCUT2D eigenvalue weighted by Gasteiger charge is 2.43. The Bertz CT molecular complexity index is 4970. The Kier molecular flexibility index (Phi) is 31.5. The maximum atomic E-state index is 14.9. The van der Waals surface area contributed by atoms with Crippen molar-refractivity contribution in [1.29, 1.82) is 0 Å². The lowest BCUT2D eigenvalue weighted by atomic mass is 9.88. The second kappa shape index (κ2) is 42.8. The van der Waals surface area contributed by atoms with Gasteiger partial charge >= 0.3 is 5.97 Å². The summed E-state index contributed by atoms with van der Waals surface area (Å²) in [6, 6.07) is 27.8. The number of rotatable bonds is 17. The Balaban J connectivity index is 0.711. The zero-order valence-corrected chi connectivity index (χ0v) is 74.7. The molecule has 12 N–H and O–H groups in total. The number of piperazine rings is 2. The Morgan fingerprint density at radius 1 is 0.408 bits per heavy atom. The number of amides is 13. The molecular weight excluding hydrogens is 1670 g/mol. The molecule has 0 unspecified atom stereocenters. The van der Waals surface area contributed by atoms with Gasteiger partial charge in [-0.1, -0.05) is 107 Å². The molecule has 6 aromatic carbocycles. The van der Waals surface area contributed by atoms with Gasteiger partial charge in [-0.05, 0) is 184 Å². The molecule has 6 aliphatic rings. The first kappa shape index (κ1) is 95.9. The van der Waals surface area contributed by atoms with Crippen LogP contribution in [0.2, 0.25) is 0 Å². The molecule has 0 radical (unpaired) electrons. The number of nitrogens with one attached hydrogen (secondary N) is 9. The molecule has 4 fully saturated rings. The number of carbonyl (C=O) groups is 16. The van der Waals surface area contributed by atoms with Gasteiger partial charge in [-0.3, -0.25) is 76.7 Å². The van der Waals surface area contributed by atoms with Gasteiger partial charge in [-0.25, -0.2) is 0 Å². The quantitative estimate of drug-likeness (QED) is 0.0602. The van der Waals surface area contributed by atoms with Crippen molar-refractivity contribution < 1.29 is 92.0 Å². The molecule has 4 saturated heterocycles. The standard InChI is InChI=1S/C96H117N15O19/c1-53(2)44-64-49-80(115)62-26-32-69(65(47-62)51-97-89(123)78-20-14-34-110(78)94(128)57(7)100-92(126)83(59(9)114)105-88(122)77(50-81(116)117)102-85(64)119)60-22-28-67(29-23-60)106-36-40-108(41-37-106)95(129)73-18-12-10-16-71(73)72-17-11-13-19-74(72)96(130)109-42-38-107(39-43-109)68-30-24-61(25-31-68)70-33-27-63-48-66(70)52-98-90(124)79-21-15-35-111(79)93(127)56(6)99-91(125)82(58(8)113)104-87(121)76(46-55(5)112)103-86(120)75(45-54(3)4)101-84(63)118/h10-13,16-19,22-33,47-48,53-54,56-59,64,75-79,82-83,113-114H,14-15,20-21,34-46,49-52H2,1-9H3,(H,97,123)(H,98,124)(H,99,125)(H,100,126)(H,101,118)(H,102,119)(H,103,120)(H,104,121)(H,105,122)(H,116,117)/t56-,57-,58+,59+,64+,75-,76-,77-,78-,79-,82-,83-/m0/s1. The van der Waals surface area contributed by atoms with E-state index in [4.69, 9.17) is 0 Å². The van der Waals surface area contributed by atoms with Gasteiger partial charge in [0, 0.05) is 131 Å². The number of aliphatic hydroxyl groups excluding tert-OH is 2. The van der Waals surface area contributed by atoms with E-state index in [-0.39, 0.29) is 80.2 Å². The number of Topliss-reactive ketones (excluding diaryl/α,β-unsaturated/α-hetero) is 2. The molecular formula is C96H117N15O19. The molecule has 6 aromatic rings. The van der Waals surface area contributed by atoms with Gasteiger partial charge in [-0.2, -0.15) is 0 Å². The number of aliphatic hydroxyl groups is 2. The van der Waals surface area contributed by atoms with Crippen LogP contribution >= 0.6 is 0 Å². The van der Waals surface area contributed by atoms with Crippen molar-refractivity contribution in [1.82, 2.24) is 67.5 Å². The van der Waals surface area contributed by atoms with E-state index in [9.17, 15) is 92.0 Å². The highest BCUT2D eigenvalue weighted by Crippen LogP contribution is 2.35. The van der Waals surface area contributed by atoms with Gasteiger partial charge < -0.3 is 92.6 Å². The second-order valence-corrected chi connectivity index (χ2v) is 35.5. The molecule has 0 saturated carbocycles. The maximum absolute atomic E-state index is 14.9. The van der Waals surface area contributed by atoms with E-state index >= 15 is 0 Å². The van der Waals surface area contributed by atoms with Crippen molar-refractivity contribution in [2.45, 2.75) is 200 Å². The number of carbonyl (C=O) groups excluding carboxylic acids is 15. The Labute approximate surface area is 754 Å². The fourth-order valence-corrected chi connectivity index (χ4v) is 17.9. The van der Waals surface area contributed by atoms with Crippen LogP contribution in [-0.2, 0) is 70.6 Å². The number of nitrogens with zero attached hydrogens (tertiary/aromatic N) is 6. The molecule has 34 nitrogen and oxygen atoms in total. The highest BCUT2D eigenvalue weighted by molar-refractivity contribution is 6.08. The third-order valence-corrected chi connectivity index (χ3v) is 24.8. The van der Waals surface area contributed by atoms with Gasteiger partial charge in [0.15, 0.2) is 5.78 Å². The normalized spacial score (nSPS) is 23.5. The van der Waals surface area contributed by atoms with Crippen LogP contribution in [0.15, 0.2) is 133 Å². The summed E-state index contributed by atoms with van der Waals surface area (Å²) in [5.41, 5.74) is 7.93. The summed E-state index contributed by atoms with van der Waals surface area (Å²) in [6.45, 7) is 17.3. The molecule has 12 atom stereocenters. The minimum absolute atomic E-state index is 0.0946. The van der Waals surface area contributed by atoms with E-state index in [0.29, 0.717) is 123 Å². The maximum Gasteiger partial charge on any atom is 0.305 e. The van der Waals surface area contributed by atoms with Crippen LogP contribution < -0.4 is 57.7 Å². The van der Waals surface area contributed by atoms with Crippen molar-refractivity contribution >= 4 is 106 Å². The van der Waals surface area contributed by atoms with E-state index in [0.717, 1.165) is 22.5 Å². The molecule has 6 aliphatic heterocycles. The van der Waals surface area contributed by atoms with Crippen LogP contribution in [0.5, 0.6) is 0 Å². The highest BCUT2D eigenvalue weighted by atomic mass is 16.4. The van der Waals surface area contributed by atoms with E-state index < -0.39 is 168 Å². The zero-order chi connectivity index (χ0) is 93.6. The van der Waals surface area contributed by atoms with Gasteiger partial charge in [0.05, 0.1) is 18.6 Å². The lowest BCUT2D eigenvalue weighted by Gasteiger charge is -2.37. The summed E-state index contributed by atoms with van der Waals surface area (Å²) in [7, 11) is 0. The predicted molar refractivity (Wildman–Crippen MR) is 481 cm³/mol. The smallest absolute Gasteiger partial charge is 0.305 e. The third kappa shape index (κ3) is 23.2. The van der Waals surface area contributed by atoms with Crippen molar-refractivity contribution in [2.24, 2.45) is 17.8 Å². The van der Waals surface area contributed by atoms with Crippen LogP contribution in [0, 0.1) is 17.8 Å². The molecule has 6 heterocycles. The molecule has 0 aliphatic carbocycles. The van der Waals surface area contributed by atoms with Gasteiger partial charge in [-0.15, -0.1) is 0 Å². The molecule has 12 rings (SSSR count). The fraction of sp³-hybridized carbons (Fsp3) is 0.458. The van der Waals surface area contributed by atoms with Crippen LogP contribution in [0.1, 0.15) is 173 Å². The van der Waals surface area contributed by atoms with Crippen molar-refractivity contribution in [3.8, 4) is 33.4 Å². The molecule has 690 valence electrons. The molecule has 0 spiro atoms. The number of fused-ring (bicyclic) bond motifs is 6. The molecule has 34 heteroatoms. The summed E-state index contributed by atoms with van der Waals surface area (Å²) in [4.78, 5) is 234. The average Bonchev–Trinajstić information content (AvgIpc) is 1.19. The molecule has 4 bridgehead atoms. The molecule has 0 aromatic heterocycles. The zero-order valence-electron chi connectivity index (χ0n) is 74.7. The number of ketones is 2. The van der Waals surface area contributed by atoms with E-state index in [1.165, 1.54) is 44.4 Å². The number of hydrogen-bond acceptors (Lipinski definition) is 20. The number of carboxylic acids is 1. The van der Waals surface area contributed by atoms with Gasteiger partial charge in [0.2, 0.25) is 59.1 Å². The minimum atomic E-state index is -1.74. The van der Waals surface area contributed by atoms with E-state index in [1.807, 2.05) is 100 Å². The SMILES string of the molecule is CC(=O)C[C@@H]1NC(=O)[C@H](CC(C)C)NC(=O)c2ccc(-c3ccc(N4CCN(C(=O)c5ccccc5-c5ccccc5C(=O)N5CCN(c6ccc(-c7ccc8cc7CNC(=O)[C@@H]7CCCN7C(=O)[C@H](C)NC(=O)[C@H]([C@@H](C)O)NC(=O)[C@H](CC(=O)O)NC(=O)[C@H](CC(C)C)CC8=O)cc6)CC5)CC4)cc3)c(c2)CNC(=O)[C@@H]2CCCN2C(=O)[C@H](C)NC(=O)[C@H]([C@@H](C)O)NC1=O. The van der Waals surface area contributed by atoms with Crippen LogP contribution in [0.3, 0.4) is 0 Å². The first-order valence-corrected chi connectivity index (χ1v) is 44.6. The van der Waals surface area contributed by atoms with Crippen molar-refractivity contribution in [3.63, 3.8) is 0 Å². The van der Waals surface area contributed by atoms with Crippen molar-refractivity contribution in [2.75, 3.05) is 75.2 Å². The lowest BCUT2D eigenvalue weighted by molar-refractivity contribution is -0.143. The number of anilines is 2. The van der Waals surface area contributed by atoms with Crippen LogP contribution in [0.4, 0.5) is 11.4 Å². The topological polar surface area (TPSA) is 462 Å². The largest absolute Gasteiger partial charge is 0.481 e. The van der Waals surface area contributed by atoms with Gasteiger partial charge in [0.1, 0.15) is 60.2 Å². The molecule has 13 amide bonds. The Morgan fingerprint density at radius 2 is 0.808 bits per heavy atom. The summed E-state index contributed by atoms with van der Waals surface area (Å²) < 4.78 is 0. The van der Waals surface area contributed by atoms with Gasteiger partial charge in [0.25, 0.3) is 17.7 Å². The summed E-state index contributed by atoms with van der Waals surface area (Å²) in [6.07, 6.45) is -2.98.